The second-order valence-electron chi connectivity index (χ2n) is 4.97. The normalized spacial score (nSPS) is 28.2. The van der Waals surface area contributed by atoms with Crippen molar-refractivity contribution in [1.29, 1.82) is 0 Å². The van der Waals surface area contributed by atoms with Crippen molar-refractivity contribution in [3.8, 4) is 0 Å². The number of hydrogen-bond donors (Lipinski definition) is 1. The maximum atomic E-state index is 13.2. The summed E-state index contributed by atoms with van der Waals surface area (Å²) in [6.07, 6.45) is 0. The Morgan fingerprint density at radius 2 is 2.00 bits per heavy atom. The van der Waals surface area contributed by atoms with Crippen LogP contribution in [0.4, 0.5) is 4.39 Å². The van der Waals surface area contributed by atoms with Crippen molar-refractivity contribution in [2.45, 2.75) is 19.5 Å². The Kier molecular flexibility index (Phi) is 1.70. The van der Waals surface area contributed by atoms with Gasteiger partial charge < -0.3 is 5.32 Å². The first-order valence-corrected chi connectivity index (χ1v) is 4.61. The third-order valence-electron chi connectivity index (χ3n) is 2.72. The van der Waals surface area contributed by atoms with Crippen LogP contribution in [0.2, 0.25) is 0 Å². The van der Waals surface area contributed by atoms with Gasteiger partial charge in [-0.15, -0.1) is 0 Å². The van der Waals surface area contributed by atoms with Gasteiger partial charge in [0.1, 0.15) is 5.67 Å². The molecule has 12 heavy (non-hydrogen) atoms. The number of nitrogens with one attached hydrogen (secondary N) is 1. The Bertz CT molecular complexity index is 173. The average molecular weight is 172 g/mol. The SMILES string of the molecule is CC(C)(F)CN1CC2(CNC2)C1. The van der Waals surface area contributed by atoms with Crippen LogP contribution in [0.1, 0.15) is 13.8 Å². The number of likely N-dealkylation sites (tertiary alicyclic amines) is 1. The fourth-order valence-electron chi connectivity index (χ4n) is 2.25. The van der Waals surface area contributed by atoms with Crippen molar-refractivity contribution in [2.75, 3.05) is 32.7 Å². The van der Waals surface area contributed by atoms with E-state index in [0.29, 0.717) is 12.0 Å². The first-order chi connectivity index (χ1) is 5.49. The molecule has 1 spiro atoms. The van der Waals surface area contributed by atoms with Gasteiger partial charge in [-0.2, -0.15) is 0 Å². The van der Waals surface area contributed by atoms with Crippen molar-refractivity contribution < 1.29 is 4.39 Å². The number of rotatable bonds is 2. The van der Waals surface area contributed by atoms with Crippen LogP contribution >= 0.6 is 0 Å². The molecule has 0 bridgehead atoms. The van der Waals surface area contributed by atoms with Crippen molar-refractivity contribution in [3.05, 3.63) is 0 Å². The number of halogens is 1. The molecule has 0 unspecified atom stereocenters. The fraction of sp³-hybridized carbons (Fsp3) is 1.00. The third kappa shape index (κ3) is 1.48. The number of nitrogens with zero attached hydrogens (tertiary/aromatic N) is 1. The lowest BCUT2D eigenvalue weighted by Gasteiger charge is -2.57. The lowest BCUT2D eigenvalue weighted by Crippen LogP contribution is -2.71. The van der Waals surface area contributed by atoms with Gasteiger partial charge in [-0.25, -0.2) is 4.39 Å². The molecule has 70 valence electrons. The van der Waals surface area contributed by atoms with Gasteiger partial charge in [0.25, 0.3) is 0 Å². The molecule has 2 nitrogen and oxygen atoms in total. The van der Waals surface area contributed by atoms with E-state index >= 15 is 0 Å². The van der Waals surface area contributed by atoms with Crippen LogP contribution in [-0.4, -0.2) is 43.3 Å². The molecule has 1 N–H and O–H groups in total. The van der Waals surface area contributed by atoms with Gasteiger partial charge in [0.2, 0.25) is 0 Å². The Morgan fingerprint density at radius 1 is 1.42 bits per heavy atom. The van der Waals surface area contributed by atoms with Crippen LogP contribution in [0.5, 0.6) is 0 Å². The van der Waals surface area contributed by atoms with Gasteiger partial charge in [-0.05, 0) is 13.8 Å². The maximum absolute atomic E-state index is 13.2. The molecule has 2 fully saturated rings. The zero-order chi connectivity index (χ0) is 8.82. The molecular formula is C9H17FN2. The van der Waals surface area contributed by atoms with Crippen LogP contribution < -0.4 is 5.32 Å². The Balaban J connectivity index is 1.74. The van der Waals surface area contributed by atoms with Gasteiger partial charge in [-0.3, -0.25) is 4.90 Å². The van der Waals surface area contributed by atoms with Gasteiger partial charge in [0, 0.05) is 38.1 Å². The van der Waals surface area contributed by atoms with Crippen LogP contribution in [0.15, 0.2) is 0 Å². The molecule has 3 heteroatoms. The van der Waals surface area contributed by atoms with Crippen molar-refractivity contribution >= 4 is 0 Å². The minimum atomic E-state index is -1.03. The number of hydrogen-bond acceptors (Lipinski definition) is 2. The smallest absolute Gasteiger partial charge is 0.118 e. The van der Waals surface area contributed by atoms with Gasteiger partial charge in [0.05, 0.1) is 0 Å². The quantitative estimate of drug-likeness (QED) is 0.657. The molecule has 0 saturated carbocycles. The minimum Gasteiger partial charge on any atom is -0.315 e. The van der Waals surface area contributed by atoms with Crippen LogP contribution in [0.3, 0.4) is 0 Å². The van der Waals surface area contributed by atoms with E-state index in [1.807, 2.05) is 0 Å². The van der Waals surface area contributed by atoms with E-state index in [1.54, 1.807) is 13.8 Å². The minimum absolute atomic E-state index is 0.533. The number of alkyl halides is 1. The van der Waals surface area contributed by atoms with Crippen molar-refractivity contribution in [2.24, 2.45) is 5.41 Å². The first-order valence-electron chi connectivity index (χ1n) is 4.61. The Hall–Kier alpha value is -0.150. The van der Waals surface area contributed by atoms with Crippen molar-refractivity contribution in [3.63, 3.8) is 0 Å². The fourth-order valence-corrected chi connectivity index (χ4v) is 2.25. The van der Waals surface area contributed by atoms with E-state index in [2.05, 4.69) is 10.2 Å². The predicted molar refractivity (Wildman–Crippen MR) is 46.9 cm³/mol. The summed E-state index contributed by atoms with van der Waals surface area (Å²) in [6, 6.07) is 0. The summed E-state index contributed by atoms with van der Waals surface area (Å²) in [5.74, 6) is 0. The Morgan fingerprint density at radius 3 is 2.33 bits per heavy atom. The summed E-state index contributed by atoms with van der Waals surface area (Å²) < 4.78 is 13.2. The molecule has 2 rings (SSSR count). The standard InChI is InChI=1S/C9H17FN2/c1-8(2,10)5-12-6-9(7-12)3-11-4-9/h11H,3-7H2,1-2H3. The highest BCUT2D eigenvalue weighted by atomic mass is 19.1. The van der Waals surface area contributed by atoms with Gasteiger partial charge in [-0.1, -0.05) is 0 Å². The van der Waals surface area contributed by atoms with E-state index in [0.717, 1.165) is 26.2 Å². The highest BCUT2D eigenvalue weighted by molar-refractivity contribution is 5.04. The zero-order valence-electron chi connectivity index (χ0n) is 7.86. The summed E-state index contributed by atoms with van der Waals surface area (Å²) in [5.41, 5.74) is -0.496. The molecule has 2 saturated heterocycles. The predicted octanol–water partition coefficient (Wildman–Crippen LogP) is 0.640. The molecule has 0 aromatic rings. The van der Waals surface area contributed by atoms with E-state index in [4.69, 9.17) is 0 Å². The van der Waals surface area contributed by atoms with E-state index in [1.165, 1.54) is 0 Å². The third-order valence-corrected chi connectivity index (χ3v) is 2.72. The molecule has 0 amide bonds. The summed E-state index contributed by atoms with van der Waals surface area (Å²) >= 11 is 0. The second kappa shape index (κ2) is 2.42. The first kappa shape index (κ1) is 8.45. The molecule has 2 heterocycles. The van der Waals surface area contributed by atoms with Crippen LogP contribution in [0, 0.1) is 5.41 Å². The highest BCUT2D eigenvalue weighted by Crippen LogP contribution is 2.34. The second-order valence-corrected chi connectivity index (χ2v) is 4.97. The van der Waals surface area contributed by atoms with Crippen LogP contribution in [0.25, 0.3) is 0 Å². The monoisotopic (exact) mass is 172 g/mol. The largest absolute Gasteiger partial charge is 0.315 e. The molecule has 0 aromatic carbocycles. The molecule has 2 aliphatic rings. The summed E-state index contributed by atoms with van der Waals surface area (Å²) in [5, 5.41) is 3.27. The molecule has 0 radical (unpaired) electrons. The lowest BCUT2D eigenvalue weighted by molar-refractivity contribution is -0.0607. The summed E-state index contributed by atoms with van der Waals surface area (Å²) in [7, 11) is 0. The molecular weight excluding hydrogens is 155 g/mol. The summed E-state index contributed by atoms with van der Waals surface area (Å²) in [4.78, 5) is 2.21. The summed E-state index contributed by atoms with van der Waals surface area (Å²) in [6.45, 7) is 8.34. The molecule has 0 aliphatic carbocycles. The molecule has 0 aromatic heterocycles. The highest BCUT2D eigenvalue weighted by Gasteiger charge is 2.48. The van der Waals surface area contributed by atoms with E-state index in [-0.39, 0.29) is 0 Å². The lowest BCUT2D eigenvalue weighted by atomic mass is 9.74. The zero-order valence-corrected chi connectivity index (χ0v) is 7.86. The molecule has 0 atom stereocenters. The van der Waals surface area contributed by atoms with Gasteiger partial charge >= 0.3 is 0 Å². The topological polar surface area (TPSA) is 15.3 Å². The van der Waals surface area contributed by atoms with Crippen molar-refractivity contribution in [1.82, 2.24) is 10.2 Å². The molecule has 2 aliphatic heterocycles. The van der Waals surface area contributed by atoms with Crippen LogP contribution in [-0.2, 0) is 0 Å². The van der Waals surface area contributed by atoms with Gasteiger partial charge in [0.15, 0.2) is 0 Å². The van der Waals surface area contributed by atoms with E-state index < -0.39 is 5.67 Å². The Labute approximate surface area is 73.1 Å². The average Bonchev–Trinajstić information content (AvgIpc) is 1.69. The maximum Gasteiger partial charge on any atom is 0.118 e. The van der Waals surface area contributed by atoms with E-state index in [9.17, 15) is 4.39 Å².